The second-order valence-corrected chi connectivity index (χ2v) is 4.26. The van der Waals surface area contributed by atoms with Crippen LogP contribution in [0.4, 0.5) is 0 Å². The molecule has 3 amide bonds. The van der Waals surface area contributed by atoms with Gasteiger partial charge in [-0.05, 0) is 5.56 Å². The van der Waals surface area contributed by atoms with Crippen LogP contribution in [0.2, 0.25) is 0 Å². The molecule has 98 valence electrons. The van der Waals surface area contributed by atoms with E-state index in [1.165, 1.54) is 6.08 Å². The molecule has 0 unspecified atom stereocenters. The third-order valence-corrected chi connectivity index (χ3v) is 2.90. The van der Waals surface area contributed by atoms with Gasteiger partial charge in [-0.3, -0.25) is 19.3 Å². The molecule has 1 saturated heterocycles. The van der Waals surface area contributed by atoms with Crippen LogP contribution in [0.15, 0.2) is 43.0 Å². The lowest BCUT2D eigenvalue weighted by molar-refractivity contribution is -0.157. The molecule has 19 heavy (non-hydrogen) atoms. The maximum Gasteiger partial charge on any atom is 0.318 e. The summed E-state index contributed by atoms with van der Waals surface area (Å²) in [6.45, 7) is 3.53. The Kier molecular flexibility index (Phi) is 3.75. The number of carbonyl (C=O) groups is 3. The van der Waals surface area contributed by atoms with Crippen LogP contribution in [0.5, 0.6) is 0 Å². The summed E-state index contributed by atoms with van der Waals surface area (Å²) in [5.74, 6) is -1.97. The number of amides is 3. The lowest BCUT2D eigenvalue weighted by Crippen LogP contribution is -2.61. The van der Waals surface area contributed by atoms with Crippen molar-refractivity contribution in [1.82, 2.24) is 10.2 Å². The van der Waals surface area contributed by atoms with Gasteiger partial charge in [0.1, 0.15) is 6.04 Å². The Balaban J connectivity index is 2.17. The molecule has 0 spiro atoms. The molecule has 0 aromatic heterocycles. The van der Waals surface area contributed by atoms with Gasteiger partial charge >= 0.3 is 11.8 Å². The van der Waals surface area contributed by atoms with E-state index in [1.54, 1.807) is 0 Å². The molecule has 1 heterocycles. The topological polar surface area (TPSA) is 66.5 Å². The van der Waals surface area contributed by atoms with Crippen LogP contribution in [0.25, 0.3) is 0 Å². The summed E-state index contributed by atoms with van der Waals surface area (Å²) in [5, 5.41) is 2.44. The third-order valence-electron chi connectivity index (χ3n) is 2.90. The van der Waals surface area contributed by atoms with E-state index in [9.17, 15) is 14.4 Å². The first kappa shape index (κ1) is 13.0. The Labute approximate surface area is 110 Å². The van der Waals surface area contributed by atoms with Crippen molar-refractivity contribution in [2.45, 2.75) is 12.5 Å². The minimum absolute atomic E-state index is 0.0520. The third kappa shape index (κ3) is 2.70. The largest absolute Gasteiger partial charge is 0.336 e. The zero-order chi connectivity index (χ0) is 13.8. The van der Waals surface area contributed by atoms with Crippen LogP contribution >= 0.6 is 0 Å². The SMILES string of the molecule is C=CCN1C(=O)C(=O)N[C@@H](Cc2ccccc2)C1=O. The standard InChI is InChI=1S/C14H14N2O3/c1-2-8-16-13(18)11(15-12(17)14(16)19)9-10-6-4-3-5-7-10/h2-7,11H,1,8-9H2,(H,15,17)/t11-/m0/s1. The van der Waals surface area contributed by atoms with Crippen LogP contribution in [0, 0.1) is 0 Å². The first-order chi connectivity index (χ1) is 9.13. The highest BCUT2D eigenvalue weighted by Crippen LogP contribution is 2.10. The Bertz CT molecular complexity index is 525. The van der Waals surface area contributed by atoms with Gasteiger partial charge in [-0.2, -0.15) is 0 Å². The van der Waals surface area contributed by atoms with Gasteiger partial charge in [0.25, 0.3) is 5.91 Å². The summed E-state index contributed by atoms with van der Waals surface area (Å²) in [7, 11) is 0. The second kappa shape index (κ2) is 5.48. The number of carbonyl (C=O) groups excluding carboxylic acids is 3. The van der Waals surface area contributed by atoms with Crippen LogP contribution in [0.1, 0.15) is 5.56 Å². The van der Waals surface area contributed by atoms with Gasteiger partial charge in [-0.25, -0.2) is 0 Å². The van der Waals surface area contributed by atoms with E-state index in [1.807, 2.05) is 30.3 Å². The Morgan fingerprint density at radius 3 is 2.53 bits per heavy atom. The van der Waals surface area contributed by atoms with Crippen molar-refractivity contribution >= 4 is 17.7 Å². The molecule has 0 radical (unpaired) electrons. The first-order valence-corrected chi connectivity index (χ1v) is 5.94. The molecule has 1 aromatic carbocycles. The number of imide groups is 1. The fourth-order valence-corrected chi connectivity index (χ4v) is 1.98. The number of nitrogens with zero attached hydrogens (tertiary/aromatic N) is 1. The van der Waals surface area contributed by atoms with E-state index in [4.69, 9.17) is 0 Å². The monoisotopic (exact) mass is 258 g/mol. The summed E-state index contributed by atoms with van der Waals surface area (Å²) in [6.07, 6.45) is 1.79. The normalized spacial score (nSPS) is 19.3. The van der Waals surface area contributed by atoms with E-state index >= 15 is 0 Å². The van der Waals surface area contributed by atoms with Crippen LogP contribution in [-0.2, 0) is 20.8 Å². The predicted octanol–water partition coefficient (Wildman–Crippen LogP) is 0.269. The molecule has 0 bridgehead atoms. The summed E-state index contributed by atoms with van der Waals surface area (Å²) in [4.78, 5) is 36.2. The second-order valence-electron chi connectivity index (χ2n) is 4.26. The molecule has 1 aliphatic heterocycles. The first-order valence-electron chi connectivity index (χ1n) is 5.94. The highest BCUT2D eigenvalue weighted by molar-refractivity contribution is 6.40. The van der Waals surface area contributed by atoms with Crippen molar-refractivity contribution in [3.05, 3.63) is 48.6 Å². The maximum absolute atomic E-state index is 12.1. The highest BCUT2D eigenvalue weighted by atomic mass is 16.2. The lowest BCUT2D eigenvalue weighted by atomic mass is 10.0. The van der Waals surface area contributed by atoms with Gasteiger partial charge in [0.05, 0.1) is 0 Å². The van der Waals surface area contributed by atoms with Gasteiger partial charge in [-0.15, -0.1) is 6.58 Å². The van der Waals surface area contributed by atoms with Crippen LogP contribution < -0.4 is 5.32 Å². The molecular formula is C14H14N2O3. The minimum Gasteiger partial charge on any atom is -0.336 e. The number of nitrogens with one attached hydrogen (secondary N) is 1. The van der Waals surface area contributed by atoms with Gasteiger partial charge in [0.15, 0.2) is 0 Å². The summed E-state index contributed by atoms with van der Waals surface area (Å²) in [5.41, 5.74) is 0.925. The van der Waals surface area contributed by atoms with Crippen molar-refractivity contribution in [2.75, 3.05) is 6.54 Å². The van der Waals surface area contributed by atoms with Gasteiger partial charge < -0.3 is 5.32 Å². The van der Waals surface area contributed by atoms with Gasteiger partial charge in [0.2, 0.25) is 0 Å². The lowest BCUT2D eigenvalue weighted by Gasteiger charge is -2.30. The fourth-order valence-electron chi connectivity index (χ4n) is 1.98. The number of piperazine rings is 1. The quantitative estimate of drug-likeness (QED) is 0.479. The zero-order valence-corrected chi connectivity index (χ0v) is 10.3. The Hall–Kier alpha value is -2.43. The molecule has 0 saturated carbocycles. The van der Waals surface area contributed by atoms with E-state index in [0.29, 0.717) is 6.42 Å². The van der Waals surface area contributed by atoms with Crippen molar-refractivity contribution in [1.29, 1.82) is 0 Å². The average Bonchev–Trinajstić information content (AvgIpc) is 2.42. The molecular weight excluding hydrogens is 244 g/mol. The summed E-state index contributed by atoms with van der Waals surface area (Å²) in [6, 6.07) is 8.63. The number of hydrogen-bond donors (Lipinski definition) is 1. The van der Waals surface area contributed by atoms with Gasteiger partial charge in [-0.1, -0.05) is 36.4 Å². The zero-order valence-electron chi connectivity index (χ0n) is 10.3. The number of hydrogen-bond acceptors (Lipinski definition) is 3. The number of benzene rings is 1. The highest BCUT2D eigenvalue weighted by Gasteiger charge is 2.38. The summed E-state index contributed by atoms with van der Waals surface area (Å²) >= 11 is 0. The molecule has 1 atom stereocenters. The van der Waals surface area contributed by atoms with Crippen LogP contribution in [-0.4, -0.2) is 35.2 Å². The van der Waals surface area contributed by atoms with E-state index in [0.717, 1.165) is 10.5 Å². The molecule has 5 heteroatoms. The van der Waals surface area contributed by atoms with Crippen molar-refractivity contribution < 1.29 is 14.4 Å². The smallest absolute Gasteiger partial charge is 0.318 e. The summed E-state index contributed by atoms with van der Waals surface area (Å²) < 4.78 is 0. The molecule has 0 aliphatic carbocycles. The maximum atomic E-state index is 12.1. The average molecular weight is 258 g/mol. The predicted molar refractivity (Wildman–Crippen MR) is 69.0 cm³/mol. The molecule has 2 rings (SSSR count). The fraction of sp³-hybridized carbons (Fsp3) is 0.214. The van der Waals surface area contributed by atoms with Crippen molar-refractivity contribution in [2.24, 2.45) is 0 Å². The Morgan fingerprint density at radius 2 is 1.89 bits per heavy atom. The van der Waals surface area contributed by atoms with Gasteiger partial charge in [0, 0.05) is 13.0 Å². The molecule has 5 nitrogen and oxygen atoms in total. The Morgan fingerprint density at radius 1 is 1.21 bits per heavy atom. The molecule has 1 aliphatic rings. The van der Waals surface area contributed by atoms with Crippen LogP contribution in [0.3, 0.4) is 0 Å². The molecule has 1 N–H and O–H groups in total. The van der Waals surface area contributed by atoms with E-state index in [2.05, 4.69) is 11.9 Å². The van der Waals surface area contributed by atoms with Crippen molar-refractivity contribution in [3.8, 4) is 0 Å². The molecule has 1 fully saturated rings. The van der Waals surface area contributed by atoms with Crippen molar-refractivity contribution in [3.63, 3.8) is 0 Å². The number of rotatable bonds is 4. The molecule has 1 aromatic rings. The minimum atomic E-state index is -0.825. The van der Waals surface area contributed by atoms with E-state index in [-0.39, 0.29) is 6.54 Å². The van der Waals surface area contributed by atoms with E-state index < -0.39 is 23.8 Å².